The topological polar surface area (TPSA) is 29.9 Å². The number of nitrogens with zero attached hydrogens (tertiary/aromatic N) is 2. The molecule has 21 heavy (non-hydrogen) atoms. The van der Waals surface area contributed by atoms with Gasteiger partial charge in [-0.25, -0.2) is 0 Å². The summed E-state index contributed by atoms with van der Waals surface area (Å²) in [6.07, 6.45) is 4.25. The van der Waals surface area contributed by atoms with Crippen LogP contribution in [-0.2, 0) is 19.5 Å². The second kappa shape index (κ2) is 7.99. The third-order valence-electron chi connectivity index (χ3n) is 3.75. The molecule has 0 bridgehead atoms. The molecule has 0 saturated heterocycles. The number of aromatic nitrogens is 2. The fraction of sp³-hybridized carbons (Fsp3) is 0.500. The summed E-state index contributed by atoms with van der Waals surface area (Å²) in [7, 11) is 0. The first-order chi connectivity index (χ1) is 10.2. The van der Waals surface area contributed by atoms with Gasteiger partial charge in [-0.2, -0.15) is 5.10 Å². The van der Waals surface area contributed by atoms with Crippen LogP contribution in [0.4, 0.5) is 0 Å². The Bertz CT molecular complexity index is 529. The molecule has 114 valence electrons. The number of aryl methyl sites for hydroxylation is 2. The number of rotatable bonds is 8. The van der Waals surface area contributed by atoms with Crippen molar-refractivity contribution in [1.29, 1.82) is 0 Å². The van der Waals surface area contributed by atoms with Crippen LogP contribution in [0, 0.1) is 12.8 Å². The van der Waals surface area contributed by atoms with Crippen LogP contribution in [0.2, 0.25) is 0 Å². The Morgan fingerprint density at radius 3 is 2.67 bits per heavy atom. The highest BCUT2D eigenvalue weighted by molar-refractivity contribution is 5.16. The highest BCUT2D eigenvalue weighted by Gasteiger charge is 2.06. The summed E-state index contributed by atoms with van der Waals surface area (Å²) in [5, 5.41) is 8.01. The van der Waals surface area contributed by atoms with Crippen molar-refractivity contribution < 1.29 is 0 Å². The molecule has 0 saturated carbocycles. The molecule has 0 aliphatic rings. The van der Waals surface area contributed by atoms with E-state index in [0.717, 1.165) is 32.5 Å². The van der Waals surface area contributed by atoms with E-state index in [-0.39, 0.29) is 0 Å². The standard InChI is InChI=1S/C18H27N3/c1-15(2)12-19-13-18-14-20-21(16(18)3)11-7-10-17-8-5-4-6-9-17/h4-6,8-9,14-15,19H,7,10-13H2,1-3H3. The first-order valence-electron chi connectivity index (χ1n) is 7.92. The summed E-state index contributed by atoms with van der Waals surface area (Å²) in [5.74, 6) is 0.686. The van der Waals surface area contributed by atoms with E-state index in [2.05, 4.69) is 66.2 Å². The maximum absolute atomic E-state index is 4.52. The van der Waals surface area contributed by atoms with Crippen molar-refractivity contribution in [2.24, 2.45) is 5.92 Å². The van der Waals surface area contributed by atoms with Crippen LogP contribution < -0.4 is 5.32 Å². The molecule has 0 aliphatic carbocycles. The Balaban J connectivity index is 1.80. The van der Waals surface area contributed by atoms with Gasteiger partial charge in [-0.15, -0.1) is 0 Å². The normalized spacial score (nSPS) is 11.2. The summed E-state index contributed by atoms with van der Waals surface area (Å²) in [6, 6.07) is 10.7. The van der Waals surface area contributed by atoms with Gasteiger partial charge in [0.1, 0.15) is 0 Å². The molecule has 2 rings (SSSR count). The lowest BCUT2D eigenvalue weighted by atomic mass is 10.1. The number of benzene rings is 1. The zero-order valence-electron chi connectivity index (χ0n) is 13.5. The Morgan fingerprint density at radius 1 is 1.19 bits per heavy atom. The van der Waals surface area contributed by atoms with Gasteiger partial charge < -0.3 is 5.32 Å². The minimum absolute atomic E-state index is 0.686. The van der Waals surface area contributed by atoms with Crippen molar-refractivity contribution in [2.75, 3.05) is 6.54 Å². The molecule has 0 atom stereocenters. The van der Waals surface area contributed by atoms with E-state index >= 15 is 0 Å². The van der Waals surface area contributed by atoms with Gasteiger partial charge in [0.05, 0.1) is 6.20 Å². The first-order valence-corrected chi connectivity index (χ1v) is 7.92. The van der Waals surface area contributed by atoms with Gasteiger partial charge in [0.25, 0.3) is 0 Å². The van der Waals surface area contributed by atoms with Crippen molar-refractivity contribution >= 4 is 0 Å². The second-order valence-electron chi connectivity index (χ2n) is 6.09. The monoisotopic (exact) mass is 285 g/mol. The maximum atomic E-state index is 4.52. The van der Waals surface area contributed by atoms with Crippen molar-refractivity contribution in [1.82, 2.24) is 15.1 Å². The van der Waals surface area contributed by atoms with E-state index in [1.54, 1.807) is 0 Å². The summed E-state index contributed by atoms with van der Waals surface area (Å²) in [5.41, 5.74) is 4.01. The zero-order chi connectivity index (χ0) is 15.1. The number of hydrogen-bond acceptors (Lipinski definition) is 2. The van der Waals surface area contributed by atoms with E-state index in [1.165, 1.54) is 16.8 Å². The van der Waals surface area contributed by atoms with Crippen LogP contribution in [0.5, 0.6) is 0 Å². The van der Waals surface area contributed by atoms with Gasteiger partial charge in [-0.3, -0.25) is 4.68 Å². The Kier molecular flexibility index (Phi) is 6.00. The summed E-state index contributed by atoms with van der Waals surface area (Å²) < 4.78 is 2.13. The Hall–Kier alpha value is -1.61. The summed E-state index contributed by atoms with van der Waals surface area (Å²) in [4.78, 5) is 0. The smallest absolute Gasteiger partial charge is 0.0537 e. The van der Waals surface area contributed by atoms with Crippen LogP contribution in [0.3, 0.4) is 0 Å². The van der Waals surface area contributed by atoms with Gasteiger partial charge in [0, 0.05) is 24.3 Å². The van der Waals surface area contributed by atoms with E-state index in [4.69, 9.17) is 0 Å². The minimum Gasteiger partial charge on any atom is -0.312 e. The quantitative estimate of drug-likeness (QED) is 0.803. The highest BCUT2D eigenvalue weighted by atomic mass is 15.3. The van der Waals surface area contributed by atoms with Gasteiger partial charge in [0.15, 0.2) is 0 Å². The minimum atomic E-state index is 0.686. The fourth-order valence-electron chi connectivity index (χ4n) is 2.46. The molecular formula is C18H27N3. The van der Waals surface area contributed by atoms with Crippen molar-refractivity contribution in [3.05, 3.63) is 53.3 Å². The first kappa shape index (κ1) is 15.8. The molecule has 1 N–H and O–H groups in total. The van der Waals surface area contributed by atoms with Gasteiger partial charge >= 0.3 is 0 Å². The van der Waals surface area contributed by atoms with Crippen molar-refractivity contribution in [3.8, 4) is 0 Å². The molecule has 0 unspecified atom stereocenters. The Morgan fingerprint density at radius 2 is 1.95 bits per heavy atom. The van der Waals surface area contributed by atoms with E-state index < -0.39 is 0 Å². The molecule has 0 amide bonds. The largest absolute Gasteiger partial charge is 0.312 e. The molecule has 3 nitrogen and oxygen atoms in total. The lowest BCUT2D eigenvalue weighted by Crippen LogP contribution is -2.19. The number of nitrogens with one attached hydrogen (secondary N) is 1. The third-order valence-corrected chi connectivity index (χ3v) is 3.75. The molecule has 1 heterocycles. The number of hydrogen-bond donors (Lipinski definition) is 1. The summed E-state index contributed by atoms with van der Waals surface area (Å²) in [6.45, 7) is 9.59. The average Bonchev–Trinajstić information content (AvgIpc) is 2.81. The van der Waals surface area contributed by atoms with E-state index in [1.807, 2.05) is 6.20 Å². The molecule has 1 aromatic carbocycles. The van der Waals surface area contributed by atoms with E-state index in [0.29, 0.717) is 5.92 Å². The van der Waals surface area contributed by atoms with Gasteiger partial charge in [-0.1, -0.05) is 44.2 Å². The molecule has 2 aromatic rings. The molecule has 0 fully saturated rings. The van der Waals surface area contributed by atoms with Crippen LogP contribution in [0.15, 0.2) is 36.5 Å². The van der Waals surface area contributed by atoms with E-state index in [9.17, 15) is 0 Å². The zero-order valence-corrected chi connectivity index (χ0v) is 13.5. The molecule has 0 spiro atoms. The van der Waals surface area contributed by atoms with Crippen LogP contribution in [0.25, 0.3) is 0 Å². The average molecular weight is 285 g/mol. The van der Waals surface area contributed by atoms with Crippen LogP contribution >= 0.6 is 0 Å². The maximum Gasteiger partial charge on any atom is 0.0537 e. The highest BCUT2D eigenvalue weighted by Crippen LogP contribution is 2.09. The third kappa shape index (κ3) is 5.01. The van der Waals surface area contributed by atoms with Gasteiger partial charge in [0.2, 0.25) is 0 Å². The fourth-order valence-corrected chi connectivity index (χ4v) is 2.46. The van der Waals surface area contributed by atoms with Crippen molar-refractivity contribution in [2.45, 2.75) is 46.7 Å². The molecule has 0 aliphatic heterocycles. The molecule has 0 radical (unpaired) electrons. The summed E-state index contributed by atoms with van der Waals surface area (Å²) >= 11 is 0. The van der Waals surface area contributed by atoms with Crippen molar-refractivity contribution in [3.63, 3.8) is 0 Å². The lowest BCUT2D eigenvalue weighted by Gasteiger charge is -2.08. The Labute approximate surface area is 128 Å². The second-order valence-corrected chi connectivity index (χ2v) is 6.09. The van der Waals surface area contributed by atoms with Crippen LogP contribution in [-0.4, -0.2) is 16.3 Å². The predicted octanol–water partition coefficient (Wildman–Crippen LogP) is 3.57. The lowest BCUT2D eigenvalue weighted by molar-refractivity contribution is 0.546. The molecular weight excluding hydrogens is 258 g/mol. The van der Waals surface area contributed by atoms with Gasteiger partial charge in [-0.05, 0) is 37.8 Å². The molecule has 1 aromatic heterocycles. The molecule has 3 heteroatoms. The predicted molar refractivity (Wildman–Crippen MR) is 88.3 cm³/mol. The SMILES string of the molecule is Cc1c(CNCC(C)C)cnn1CCCc1ccccc1. The van der Waals surface area contributed by atoms with Crippen LogP contribution in [0.1, 0.15) is 37.1 Å².